The van der Waals surface area contributed by atoms with Crippen molar-refractivity contribution >= 4 is 47.2 Å². The van der Waals surface area contributed by atoms with Gasteiger partial charge in [0.2, 0.25) is 0 Å². The highest BCUT2D eigenvalue weighted by molar-refractivity contribution is 14.0. The monoisotopic (exact) mass is 519 g/mol. The van der Waals surface area contributed by atoms with Gasteiger partial charge in [-0.3, -0.25) is 4.68 Å². The van der Waals surface area contributed by atoms with Crippen molar-refractivity contribution in [2.45, 2.75) is 25.9 Å². The van der Waals surface area contributed by atoms with Crippen LogP contribution in [0.4, 0.5) is 5.69 Å². The SMILES string of the molecule is CCNC(=NCc1ncnn1C)NC1CCN(c2cc(Cl)ccc2OC)C1.I. The average molecular weight is 520 g/mol. The lowest BCUT2D eigenvalue weighted by molar-refractivity contribution is 0.415. The first-order valence-electron chi connectivity index (χ1n) is 9.07. The Bertz CT molecular complexity index is 798. The lowest BCUT2D eigenvalue weighted by Gasteiger charge is -2.22. The van der Waals surface area contributed by atoms with Crippen LogP contribution >= 0.6 is 35.6 Å². The molecule has 1 unspecified atom stereocenters. The van der Waals surface area contributed by atoms with Crippen molar-refractivity contribution < 1.29 is 4.74 Å². The van der Waals surface area contributed by atoms with E-state index in [0.29, 0.717) is 11.6 Å². The van der Waals surface area contributed by atoms with Gasteiger partial charge in [0.15, 0.2) is 5.96 Å². The molecule has 2 N–H and O–H groups in total. The molecule has 1 aliphatic heterocycles. The Hall–Kier alpha value is -1.75. The van der Waals surface area contributed by atoms with Crippen LogP contribution in [0.1, 0.15) is 19.2 Å². The molecular weight excluding hydrogens is 493 g/mol. The molecule has 1 aromatic heterocycles. The molecule has 1 atom stereocenters. The van der Waals surface area contributed by atoms with Gasteiger partial charge in [0.05, 0.1) is 12.8 Å². The molecule has 8 nitrogen and oxygen atoms in total. The molecule has 1 fully saturated rings. The number of hydrogen-bond donors (Lipinski definition) is 2. The molecule has 0 aliphatic carbocycles. The van der Waals surface area contributed by atoms with E-state index >= 15 is 0 Å². The lowest BCUT2D eigenvalue weighted by Crippen LogP contribution is -2.44. The van der Waals surface area contributed by atoms with E-state index < -0.39 is 0 Å². The molecule has 10 heteroatoms. The minimum Gasteiger partial charge on any atom is -0.495 e. The molecule has 1 aromatic carbocycles. The second-order valence-corrected chi connectivity index (χ2v) is 6.82. The Kier molecular flexibility index (Phi) is 8.61. The van der Waals surface area contributed by atoms with E-state index in [0.717, 1.165) is 49.3 Å². The van der Waals surface area contributed by atoms with Crippen molar-refractivity contribution in [3.05, 3.63) is 35.4 Å². The van der Waals surface area contributed by atoms with Crippen molar-refractivity contribution in [3.8, 4) is 5.75 Å². The fourth-order valence-corrected chi connectivity index (χ4v) is 3.30. The third-order valence-corrected chi connectivity index (χ3v) is 4.77. The van der Waals surface area contributed by atoms with E-state index in [1.165, 1.54) is 0 Å². The Morgan fingerprint density at radius 3 is 2.93 bits per heavy atom. The predicted molar refractivity (Wildman–Crippen MR) is 123 cm³/mol. The molecule has 1 saturated heterocycles. The number of aliphatic imine (C=N–C) groups is 1. The number of aromatic nitrogens is 3. The molecule has 3 rings (SSSR count). The zero-order chi connectivity index (χ0) is 19.2. The van der Waals surface area contributed by atoms with Gasteiger partial charge in [-0.25, -0.2) is 9.98 Å². The Labute approximate surface area is 187 Å². The van der Waals surface area contributed by atoms with E-state index in [4.69, 9.17) is 16.3 Å². The maximum atomic E-state index is 6.18. The van der Waals surface area contributed by atoms with Crippen molar-refractivity contribution in [1.29, 1.82) is 0 Å². The number of ether oxygens (including phenoxy) is 1. The molecule has 0 bridgehead atoms. The molecule has 28 heavy (non-hydrogen) atoms. The summed E-state index contributed by atoms with van der Waals surface area (Å²) in [4.78, 5) is 11.1. The number of nitrogens with zero attached hydrogens (tertiary/aromatic N) is 5. The first-order valence-corrected chi connectivity index (χ1v) is 9.44. The normalized spacial score (nSPS) is 16.6. The first-order chi connectivity index (χ1) is 13.1. The molecule has 0 radical (unpaired) electrons. The van der Waals surface area contributed by atoms with Crippen molar-refractivity contribution in [2.24, 2.45) is 12.0 Å². The number of aryl methyl sites for hydroxylation is 1. The maximum Gasteiger partial charge on any atom is 0.191 e. The second-order valence-electron chi connectivity index (χ2n) is 6.39. The molecule has 0 amide bonds. The zero-order valence-corrected chi connectivity index (χ0v) is 19.4. The fraction of sp³-hybridized carbons (Fsp3) is 0.500. The van der Waals surface area contributed by atoms with Gasteiger partial charge >= 0.3 is 0 Å². The summed E-state index contributed by atoms with van der Waals surface area (Å²) in [5, 5.41) is 11.6. The van der Waals surface area contributed by atoms with Gasteiger partial charge in [-0.15, -0.1) is 24.0 Å². The first kappa shape index (κ1) is 22.5. The molecule has 0 saturated carbocycles. The Balaban J connectivity index is 0.00000280. The fourth-order valence-electron chi connectivity index (χ4n) is 3.13. The van der Waals surface area contributed by atoms with E-state index in [2.05, 4.69) is 37.5 Å². The predicted octanol–water partition coefficient (Wildman–Crippen LogP) is 2.43. The van der Waals surface area contributed by atoms with Crippen LogP contribution in [0.3, 0.4) is 0 Å². The van der Waals surface area contributed by atoms with Crippen LogP contribution in [0.5, 0.6) is 5.75 Å². The van der Waals surface area contributed by atoms with Gasteiger partial charge in [-0.2, -0.15) is 5.10 Å². The standard InChI is InChI=1S/C18H26ClN7O.HI/c1-4-20-18(21-10-17-22-12-23-25(17)2)24-14-7-8-26(11-14)15-9-13(19)5-6-16(15)27-3;/h5-6,9,12,14H,4,7-8,10-11H2,1-3H3,(H2,20,21,24);1H. The van der Waals surface area contributed by atoms with Crippen molar-refractivity contribution in [3.63, 3.8) is 0 Å². The van der Waals surface area contributed by atoms with Crippen molar-refractivity contribution in [1.82, 2.24) is 25.4 Å². The molecule has 154 valence electrons. The van der Waals surface area contributed by atoms with Crippen LogP contribution in [0.2, 0.25) is 5.02 Å². The summed E-state index contributed by atoms with van der Waals surface area (Å²) in [6, 6.07) is 5.99. The smallest absolute Gasteiger partial charge is 0.191 e. The number of halogens is 2. The van der Waals surface area contributed by atoms with E-state index in [1.54, 1.807) is 18.1 Å². The van der Waals surface area contributed by atoms with E-state index in [1.807, 2.05) is 25.2 Å². The van der Waals surface area contributed by atoms with Gasteiger partial charge in [0.1, 0.15) is 24.4 Å². The summed E-state index contributed by atoms with van der Waals surface area (Å²) in [6.07, 6.45) is 2.54. The van der Waals surface area contributed by atoms with Crippen LogP contribution in [0, 0.1) is 0 Å². The lowest BCUT2D eigenvalue weighted by atomic mass is 10.2. The molecule has 2 heterocycles. The van der Waals surface area contributed by atoms with Crippen LogP contribution in [0.25, 0.3) is 0 Å². The topological polar surface area (TPSA) is 79.6 Å². The average Bonchev–Trinajstić information content (AvgIpc) is 3.29. The largest absolute Gasteiger partial charge is 0.495 e. The Morgan fingerprint density at radius 1 is 1.43 bits per heavy atom. The van der Waals surface area contributed by atoms with Crippen LogP contribution < -0.4 is 20.3 Å². The number of anilines is 1. The number of rotatable bonds is 6. The number of nitrogens with one attached hydrogen (secondary N) is 2. The third kappa shape index (κ3) is 5.63. The minimum atomic E-state index is 0. The van der Waals surface area contributed by atoms with Crippen LogP contribution in [0.15, 0.2) is 29.5 Å². The van der Waals surface area contributed by atoms with Gasteiger partial charge in [-0.05, 0) is 31.5 Å². The summed E-state index contributed by atoms with van der Waals surface area (Å²) < 4.78 is 7.22. The zero-order valence-electron chi connectivity index (χ0n) is 16.4. The molecule has 2 aromatic rings. The highest BCUT2D eigenvalue weighted by atomic mass is 127. The number of benzene rings is 1. The summed E-state index contributed by atoms with van der Waals surface area (Å²) in [5.74, 6) is 2.44. The molecular formula is C18H27ClIN7O. The van der Waals surface area contributed by atoms with Crippen LogP contribution in [-0.4, -0.2) is 53.5 Å². The summed E-state index contributed by atoms with van der Waals surface area (Å²) in [7, 11) is 3.55. The number of hydrogen-bond acceptors (Lipinski definition) is 5. The van der Waals surface area contributed by atoms with Gasteiger partial charge in [0.25, 0.3) is 0 Å². The van der Waals surface area contributed by atoms with Gasteiger partial charge in [0, 0.05) is 37.7 Å². The highest BCUT2D eigenvalue weighted by Gasteiger charge is 2.25. The highest BCUT2D eigenvalue weighted by Crippen LogP contribution is 2.33. The van der Waals surface area contributed by atoms with Gasteiger partial charge < -0.3 is 20.3 Å². The quantitative estimate of drug-likeness (QED) is 0.347. The van der Waals surface area contributed by atoms with Crippen molar-refractivity contribution in [2.75, 3.05) is 31.6 Å². The maximum absolute atomic E-state index is 6.18. The van der Waals surface area contributed by atoms with Crippen LogP contribution in [-0.2, 0) is 13.6 Å². The second kappa shape index (κ2) is 10.7. The molecule has 0 spiro atoms. The number of methoxy groups -OCH3 is 1. The summed E-state index contributed by atoms with van der Waals surface area (Å²) >= 11 is 6.18. The molecule has 1 aliphatic rings. The van der Waals surface area contributed by atoms with Gasteiger partial charge in [-0.1, -0.05) is 11.6 Å². The third-order valence-electron chi connectivity index (χ3n) is 4.54. The Morgan fingerprint density at radius 2 is 2.25 bits per heavy atom. The van der Waals surface area contributed by atoms with E-state index in [9.17, 15) is 0 Å². The van der Waals surface area contributed by atoms with E-state index in [-0.39, 0.29) is 30.0 Å². The minimum absolute atomic E-state index is 0. The number of guanidine groups is 1. The summed E-state index contributed by atoms with van der Waals surface area (Å²) in [5.41, 5.74) is 1.02. The summed E-state index contributed by atoms with van der Waals surface area (Å²) in [6.45, 7) is 5.10.